The van der Waals surface area contributed by atoms with Gasteiger partial charge in [0.15, 0.2) is 5.65 Å². The Hall–Kier alpha value is -3.30. The maximum absolute atomic E-state index is 11.8. The third-order valence-corrected chi connectivity index (χ3v) is 6.91. The molecule has 0 radical (unpaired) electrons. The molecular formula is C23H27N5O3Si. The zero-order chi connectivity index (χ0) is 22.9. The summed E-state index contributed by atoms with van der Waals surface area (Å²) in [4.78, 5) is 25.6. The summed E-state index contributed by atoms with van der Waals surface area (Å²) < 4.78 is 9.47. The first-order valence-corrected chi connectivity index (χ1v) is 14.2. The molecule has 3 aromatic heterocycles. The van der Waals surface area contributed by atoms with Gasteiger partial charge in [-0.2, -0.15) is 0 Å². The normalized spacial score (nSPS) is 11.9. The number of benzene rings is 1. The van der Waals surface area contributed by atoms with E-state index in [2.05, 4.69) is 34.6 Å². The first-order chi connectivity index (χ1) is 15.2. The monoisotopic (exact) mass is 449 g/mol. The lowest BCUT2D eigenvalue weighted by atomic mass is 10.3. The number of ether oxygens (including phenoxy) is 1. The fraction of sp³-hybridized carbons (Fsp3) is 0.304. The lowest BCUT2D eigenvalue weighted by molar-refractivity contribution is 0.0696. The van der Waals surface area contributed by atoms with Gasteiger partial charge in [-0.25, -0.2) is 19.7 Å². The van der Waals surface area contributed by atoms with Crippen molar-refractivity contribution in [3.05, 3.63) is 60.3 Å². The minimum atomic E-state index is -1.20. The van der Waals surface area contributed by atoms with E-state index in [9.17, 15) is 9.90 Å². The van der Waals surface area contributed by atoms with Gasteiger partial charge >= 0.3 is 5.97 Å². The third kappa shape index (κ3) is 4.63. The Kier molecular flexibility index (Phi) is 5.94. The molecule has 0 saturated heterocycles. The molecular weight excluding hydrogens is 422 g/mol. The highest BCUT2D eigenvalue weighted by Crippen LogP contribution is 2.24. The van der Waals surface area contributed by atoms with E-state index in [1.54, 1.807) is 17.0 Å². The molecule has 0 spiro atoms. The van der Waals surface area contributed by atoms with Crippen LogP contribution in [-0.2, 0) is 11.5 Å². The van der Waals surface area contributed by atoms with Gasteiger partial charge < -0.3 is 19.0 Å². The maximum Gasteiger partial charge on any atom is 0.339 e. The van der Waals surface area contributed by atoms with Crippen LogP contribution in [0, 0.1) is 6.92 Å². The molecule has 4 aromatic rings. The van der Waals surface area contributed by atoms with Gasteiger partial charge in [0.05, 0.1) is 6.20 Å². The molecule has 0 fully saturated rings. The number of aromatic carboxylic acids is 1. The lowest BCUT2D eigenvalue weighted by Crippen LogP contribution is -2.22. The van der Waals surface area contributed by atoms with Crippen LogP contribution in [0.1, 0.15) is 16.2 Å². The van der Waals surface area contributed by atoms with Gasteiger partial charge in [0.25, 0.3) is 0 Å². The summed E-state index contributed by atoms with van der Waals surface area (Å²) in [6, 6.07) is 10.9. The first-order valence-electron chi connectivity index (χ1n) is 10.5. The van der Waals surface area contributed by atoms with Crippen LogP contribution in [0.4, 0.5) is 0 Å². The molecule has 32 heavy (non-hydrogen) atoms. The highest BCUT2D eigenvalue weighted by atomic mass is 28.3. The number of para-hydroxylation sites is 1. The Bertz CT molecular complexity index is 1260. The fourth-order valence-electron chi connectivity index (χ4n) is 3.42. The molecule has 0 bridgehead atoms. The van der Waals surface area contributed by atoms with Crippen molar-refractivity contribution < 1.29 is 14.6 Å². The second-order valence-corrected chi connectivity index (χ2v) is 14.6. The summed E-state index contributed by atoms with van der Waals surface area (Å²) in [7, 11) is -1.20. The first kappa shape index (κ1) is 21.9. The van der Waals surface area contributed by atoms with Gasteiger partial charge in [0.2, 0.25) is 0 Å². The van der Waals surface area contributed by atoms with Crippen LogP contribution in [0.5, 0.6) is 0 Å². The Morgan fingerprint density at radius 1 is 1.09 bits per heavy atom. The van der Waals surface area contributed by atoms with Crippen LogP contribution in [-0.4, -0.2) is 49.8 Å². The zero-order valence-corrected chi connectivity index (χ0v) is 19.7. The molecule has 9 heteroatoms. The van der Waals surface area contributed by atoms with Gasteiger partial charge in [-0.05, 0) is 25.1 Å². The fourth-order valence-corrected chi connectivity index (χ4v) is 4.17. The summed E-state index contributed by atoms with van der Waals surface area (Å²) in [5.41, 5.74) is 3.06. The number of carboxylic acid groups (broad SMARTS) is 1. The van der Waals surface area contributed by atoms with E-state index < -0.39 is 14.0 Å². The van der Waals surface area contributed by atoms with Crippen LogP contribution >= 0.6 is 0 Å². The van der Waals surface area contributed by atoms with Crippen molar-refractivity contribution in [3.8, 4) is 17.1 Å². The predicted octanol–water partition coefficient (Wildman–Crippen LogP) is 4.60. The number of imidazole rings is 1. The quantitative estimate of drug-likeness (QED) is 0.312. The summed E-state index contributed by atoms with van der Waals surface area (Å²) in [5, 5.41) is 9.70. The molecule has 8 nitrogen and oxygen atoms in total. The van der Waals surface area contributed by atoms with E-state index in [1.165, 1.54) is 0 Å². The van der Waals surface area contributed by atoms with E-state index >= 15 is 0 Å². The van der Waals surface area contributed by atoms with Crippen LogP contribution in [0.2, 0.25) is 25.7 Å². The Morgan fingerprint density at radius 2 is 1.84 bits per heavy atom. The Labute approximate surface area is 187 Å². The standard InChI is InChI=1S/C23H27N5O3Si/c1-16-25-20(14-28(16)17-8-6-5-7-9-17)19-12-24-22-21(26-19)18(23(29)30)13-27(22)15-31-10-11-32(2,3)4/h5-9,12-14H,10-11,15H2,1-4H3,(H,29,30). The summed E-state index contributed by atoms with van der Waals surface area (Å²) in [5.74, 6) is -0.242. The third-order valence-electron chi connectivity index (χ3n) is 5.20. The second-order valence-electron chi connectivity index (χ2n) is 8.97. The van der Waals surface area contributed by atoms with Crippen molar-refractivity contribution in [2.24, 2.45) is 0 Å². The largest absolute Gasteiger partial charge is 0.478 e. The van der Waals surface area contributed by atoms with E-state index in [1.807, 2.05) is 48.0 Å². The molecule has 0 aliphatic heterocycles. The van der Waals surface area contributed by atoms with Crippen molar-refractivity contribution in [2.45, 2.75) is 39.3 Å². The van der Waals surface area contributed by atoms with Crippen molar-refractivity contribution in [2.75, 3.05) is 6.61 Å². The maximum atomic E-state index is 11.8. The van der Waals surface area contributed by atoms with E-state index in [0.717, 1.165) is 17.6 Å². The number of rotatable bonds is 8. The number of carboxylic acids is 1. The van der Waals surface area contributed by atoms with Crippen LogP contribution < -0.4 is 0 Å². The summed E-state index contributed by atoms with van der Waals surface area (Å²) >= 11 is 0. The molecule has 3 heterocycles. The van der Waals surface area contributed by atoms with Crippen molar-refractivity contribution in [1.29, 1.82) is 0 Å². The molecule has 166 valence electrons. The number of aromatic nitrogens is 5. The summed E-state index contributed by atoms with van der Waals surface area (Å²) in [6.45, 7) is 9.66. The molecule has 0 aliphatic rings. The molecule has 1 N–H and O–H groups in total. The molecule has 0 aliphatic carbocycles. The average molecular weight is 450 g/mol. The van der Waals surface area contributed by atoms with Crippen LogP contribution in [0.25, 0.3) is 28.2 Å². The van der Waals surface area contributed by atoms with Gasteiger partial charge in [-0.15, -0.1) is 0 Å². The second kappa shape index (κ2) is 8.68. The van der Waals surface area contributed by atoms with Crippen LogP contribution in [0.3, 0.4) is 0 Å². The Morgan fingerprint density at radius 3 is 2.53 bits per heavy atom. The number of carbonyl (C=O) groups is 1. The summed E-state index contributed by atoms with van der Waals surface area (Å²) in [6.07, 6.45) is 5.06. The molecule has 4 rings (SSSR count). The van der Waals surface area contributed by atoms with Gasteiger partial charge in [0, 0.05) is 32.8 Å². The lowest BCUT2D eigenvalue weighted by Gasteiger charge is -2.15. The van der Waals surface area contributed by atoms with Crippen LogP contribution in [0.15, 0.2) is 48.9 Å². The zero-order valence-electron chi connectivity index (χ0n) is 18.7. The van der Waals surface area contributed by atoms with Crippen molar-refractivity contribution in [1.82, 2.24) is 24.1 Å². The highest BCUT2D eigenvalue weighted by molar-refractivity contribution is 6.76. The molecule has 0 unspecified atom stereocenters. The van der Waals surface area contributed by atoms with E-state index in [4.69, 9.17) is 4.74 Å². The molecule has 0 amide bonds. The van der Waals surface area contributed by atoms with Crippen molar-refractivity contribution in [3.63, 3.8) is 0 Å². The average Bonchev–Trinajstić information content (AvgIpc) is 3.31. The molecule has 1 aromatic carbocycles. The van der Waals surface area contributed by atoms with E-state index in [-0.39, 0.29) is 12.3 Å². The molecule has 0 atom stereocenters. The van der Waals surface area contributed by atoms with Crippen molar-refractivity contribution >= 4 is 25.2 Å². The minimum Gasteiger partial charge on any atom is -0.478 e. The van der Waals surface area contributed by atoms with Gasteiger partial charge in [0.1, 0.15) is 35.0 Å². The minimum absolute atomic E-state index is 0.0994. The topological polar surface area (TPSA) is 95.1 Å². The number of nitrogens with zero attached hydrogens (tertiary/aromatic N) is 5. The smallest absolute Gasteiger partial charge is 0.339 e. The predicted molar refractivity (Wildman–Crippen MR) is 126 cm³/mol. The Balaban J connectivity index is 1.65. The number of hydrogen-bond acceptors (Lipinski definition) is 5. The number of fused-ring (bicyclic) bond motifs is 1. The molecule has 0 saturated carbocycles. The van der Waals surface area contributed by atoms with Gasteiger partial charge in [-0.1, -0.05) is 37.8 Å². The SMILES string of the molecule is Cc1nc(-c2cnc3c(n2)c(C(=O)O)cn3COCC[Si](C)(C)C)cn1-c1ccccc1. The number of aryl methyl sites for hydroxylation is 1. The van der Waals surface area contributed by atoms with E-state index in [0.29, 0.717) is 29.2 Å². The van der Waals surface area contributed by atoms with Gasteiger partial charge in [-0.3, -0.25) is 0 Å². The number of hydrogen-bond donors (Lipinski definition) is 1. The highest BCUT2D eigenvalue weighted by Gasteiger charge is 2.19.